The molecule has 0 amide bonds. The number of nitrogens with zero attached hydrogens (tertiary/aromatic N) is 2. The SMILES string of the molecule is CCCNCc1ccc(Sc2nncs2)cc1. The molecule has 0 bridgehead atoms. The van der Waals surface area contributed by atoms with Gasteiger partial charge in [0.1, 0.15) is 5.51 Å². The van der Waals surface area contributed by atoms with Crippen molar-refractivity contribution < 1.29 is 0 Å². The van der Waals surface area contributed by atoms with Gasteiger partial charge in [-0.25, -0.2) is 0 Å². The highest BCUT2D eigenvalue weighted by molar-refractivity contribution is 8.01. The van der Waals surface area contributed by atoms with E-state index in [1.807, 2.05) is 0 Å². The fraction of sp³-hybridized carbons (Fsp3) is 0.333. The molecule has 1 N–H and O–H groups in total. The molecule has 1 heterocycles. The van der Waals surface area contributed by atoms with Crippen LogP contribution in [-0.4, -0.2) is 16.7 Å². The number of nitrogens with one attached hydrogen (secondary N) is 1. The first-order valence-electron chi connectivity index (χ1n) is 5.62. The lowest BCUT2D eigenvalue weighted by Gasteiger charge is -2.04. The second kappa shape index (κ2) is 6.74. The van der Waals surface area contributed by atoms with Crippen molar-refractivity contribution >= 4 is 23.1 Å². The van der Waals surface area contributed by atoms with Crippen LogP contribution in [0.5, 0.6) is 0 Å². The predicted molar refractivity (Wildman–Crippen MR) is 72.5 cm³/mol. The normalized spacial score (nSPS) is 10.6. The molecule has 2 aromatic rings. The third-order valence-corrected chi connectivity index (χ3v) is 4.01. The first-order valence-corrected chi connectivity index (χ1v) is 7.32. The fourth-order valence-corrected chi connectivity index (χ4v) is 2.84. The smallest absolute Gasteiger partial charge is 0.178 e. The monoisotopic (exact) mass is 265 g/mol. The molecule has 0 aliphatic rings. The van der Waals surface area contributed by atoms with Crippen LogP contribution in [-0.2, 0) is 6.54 Å². The molecule has 5 heteroatoms. The van der Waals surface area contributed by atoms with Crippen molar-refractivity contribution in [3.63, 3.8) is 0 Å². The summed E-state index contributed by atoms with van der Waals surface area (Å²) in [7, 11) is 0. The van der Waals surface area contributed by atoms with E-state index in [0.717, 1.165) is 17.4 Å². The van der Waals surface area contributed by atoms with Crippen molar-refractivity contribution in [2.24, 2.45) is 0 Å². The molecule has 0 saturated heterocycles. The van der Waals surface area contributed by atoms with Gasteiger partial charge in [0.25, 0.3) is 0 Å². The minimum absolute atomic E-state index is 0.942. The quantitative estimate of drug-likeness (QED) is 0.814. The van der Waals surface area contributed by atoms with Crippen molar-refractivity contribution in [1.82, 2.24) is 15.5 Å². The lowest BCUT2D eigenvalue weighted by atomic mass is 10.2. The van der Waals surface area contributed by atoms with Gasteiger partial charge < -0.3 is 5.32 Å². The largest absolute Gasteiger partial charge is 0.313 e. The topological polar surface area (TPSA) is 37.8 Å². The average molecular weight is 265 g/mol. The molecular weight excluding hydrogens is 250 g/mol. The number of hydrogen-bond acceptors (Lipinski definition) is 5. The van der Waals surface area contributed by atoms with Crippen LogP contribution in [0.3, 0.4) is 0 Å². The van der Waals surface area contributed by atoms with Gasteiger partial charge in [0.15, 0.2) is 4.34 Å². The Hall–Kier alpha value is -0.910. The number of hydrogen-bond donors (Lipinski definition) is 1. The first kappa shape index (κ1) is 12.5. The highest BCUT2D eigenvalue weighted by atomic mass is 32.2. The Morgan fingerprint density at radius 2 is 2.12 bits per heavy atom. The van der Waals surface area contributed by atoms with E-state index in [9.17, 15) is 0 Å². The molecule has 1 aromatic carbocycles. The molecule has 0 aliphatic carbocycles. The zero-order valence-corrected chi connectivity index (χ0v) is 11.4. The second-order valence-electron chi connectivity index (χ2n) is 3.63. The summed E-state index contributed by atoms with van der Waals surface area (Å²) >= 11 is 3.22. The molecule has 0 unspecified atom stereocenters. The average Bonchev–Trinajstić information content (AvgIpc) is 2.85. The van der Waals surface area contributed by atoms with Gasteiger partial charge in [-0.3, -0.25) is 0 Å². The van der Waals surface area contributed by atoms with Crippen LogP contribution in [0.1, 0.15) is 18.9 Å². The van der Waals surface area contributed by atoms with Crippen LogP contribution < -0.4 is 5.32 Å². The maximum Gasteiger partial charge on any atom is 0.178 e. The van der Waals surface area contributed by atoms with Crippen LogP contribution in [0.2, 0.25) is 0 Å². The maximum atomic E-state index is 4.01. The standard InChI is InChI=1S/C12H15N3S2/c1-2-7-13-8-10-3-5-11(6-4-10)17-12-15-14-9-16-12/h3-6,9,13H,2,7-8H2,1H3. The van der Waals surface area contributed by atoms with E-state index in [1.165, 1.54) is 16.9 Å². The van der Waals surface area contributed by atoms with E-state index in [-0.39, 0.29) is 0 Å². The molecule has 0 fully saturated rings. The number of rotatable bonds is 6. The highest BCUT2D eigenvalue weighted by Crippen LogP contribution is 2.28. The van der Waals surface area contributed by atoms with Gasteiger partial charge >= 0.3 is 0 Å². The van der Waals surface area contributed by atoms with Gasteiger partial charge in [0.2, 0.25) is 0 Å². The Morgan fingerprint density at radius 1 is 1.29 bits per heavy atom. The summed E-state index contributed by atoms with van der Waals surface area (Å²) in [6.07, 6.45) is 1.17. The van der Waals surface area contributed by atoms with Gasteiger partial charge in [-0.2, -0.15) is 0 Å². The minimum atomic E-state index is 0.942. The summed E-state index contributed by atoms with van der Waals surface area (Å²) in [6, 6.07) is 8.59. The van der Waals surface area contributed by atoms with E-state index < -0.39 is 0 Å². The third kappa shape index (κ3) is 4.11. The van der Waals surface area contributed by atoms with Crippen molar-refractivity contribution in [3.05, 3.63) is 35.3 Å². The van der Waals surface area contributed by atoms with Crippen LogP contribution in [0.25, 0.3) is 0 Å². The molecule has 2 rings (SSSR count). The summed E-state index contributed by atoms with van der Waals surface area (Å²) in [5.41, 5.74) is 3.07. The highest BCUT2D eigenvalue weighted by Gasteiger charge is 2.00. The van der Waals surface area contributed by atoms with Gasteiger partial charge in [-0.15, -0.1) is 10.2 Å². The molecule has 3 nitrogen and oxygen atoms in total. The molecule has 0 saturated carbocycles. The zero-order chi connectivity index (χ0) is 11.9. The number of aromatic nitrogens is 2. The van der Waals surface area contributed by atoms with Crippen molar-refractivity contribution in [1.29, 1.82) is 0 Å². The van der Waals surface area contributed by atoms with Crippen molar-refractivity contribution in [2.75, 3.05) is 6.54 Å². The van der Waals surface area contributed by atoms with Crippen LogP contribution in [0, 0.1) is 0 Å². The van der Waals surface area contributed by atoms with E-state index in [2.05, 4.69) is 46.7 Å². The maximum absolute atomic E-state index is 4.01. The lowest BCUT2D eigenvalue weighted by Crippen LogP contribution is -2.13. The first-order chi connectivity index (χ1) is 8.38. The molecule has 0 spiro atoms. The molecular formula is C12H15N3S2. The van der Waals surface area contributed by atoms with E-state index in [1.54, 1.807) is 28.6 Å². The lowest BCUT2D eigenvalue weighted by molar-refractivity contribution is 0.675. The van der Waals surface area contributed by atoms with Gasteiger partial charge in [0.05, 0.1) is 0 Å². The molecule has 1 aromatic heterocycles. The molecule has 17 heavy (non-hydrogen) atoms. The summed E-state index contributed by atoms with van der Waals surface area (Å²) in [5.74, 6) is 0. The summed E-state index contributed by atoms with van der Waals surface area (Å²) < 4.78 is 0.988. The summed E-state index contributed by atoms with van der Waals surface area (Å²) in [4.78, 5) is 1.21. The Labute approximate surface area is 110 Å². The zero-order valence-electron chi connectivity index (χ0n) is 9.72. The minimum Gasteiger partial charge on any atom is -0.313 e. The van der Waals surface area contributed by atoms with Gasteiger partial charge in [-0.05, 0) is 30.7 Å². The van der Waals surface area contributed by atoms with Gasteiger partial charge in [-0.1, -0.05) is 42.2 Å². The van der Waals surface area contributed by atoms with E-state index in [0.29, 0.717) is 0 Å². The Bertz CT molecular complexity index is 426. The van der Waals surface area contributed by atoms with Crippen molar-refractivity contribution in [2.45, 2.75) is 29.1 Å². The predicted octanol–water partition coefficient (Wildman–Crippen LogP) is 3.19. The third-order valence-electron chi connectivity index (χ3n) is 2.22. The Balaban J connectivity index is 1.89. The Morgan fingerprint density at radius 3 is 2.76 bits per heavy atom. The van der Waals surface area contributed by atoms with Crippen molar-refractivity contribution in [3.8, 4) is 0 Å². The van der Waals surface area contributed by atoms with Crippen LogP contribution >= 0.6 is 23.1 Å². The summed E-state index contributed by atoms with van der Waals surface area (Å²) in [6.45, 7) is 4.19. The fourth-order valence-electron chi connectivity index (χ4n) is 1.39. The Kier molecular flexibility index (Phi) is 4.97. The molecule has 90 valence electrons. The van der Waals surface area contributed by atoms with Crippen LogP contribution in [0.15, 0.2) is 39.0 Å². The van der Waals surface area contributed by atoms with E-state index in [4.69, 9.17) is 0 Å². The van der Waals surface area contributed by atoms with Gasteiger partial charge in [0, 0.05) is 11.4 Å². The van der Waals surface area contributed by atoms with E-state index >= 15 is 0 Å². The molecule has 0 aliphatic heterocycles. The molecule has 0 radical (unpaired) electrons. The number of benzene rings is 1. The summed E-state index contributed by atoms with van der Waals surface area (Å²) in [5, 5.41) is 11.2. The second-order valence-corrected chi connectivity index (χ2v) is 5.78. The van der Waals surface area contributed by atoms with Crippen LogP contribution in [0.4, 0.5) is 0 Å². The molecule has 0 atom stereocenters.